The molecule has 2 N–H and O–H groups in total. The summed E-state index contributed by atoms with van der Waals surface area (Å²) in [6.07, 6.45) is 4.55. The molecule has 2 aromatic carbocycles. The monoisotopic (exact) mass is 495 g/mol. The number of amides is 1. The van der Waals surface area contributed by atoms with Gasteiger partial charge in [-0.15, -0.1) is 0 Å². The summed E-state index contributed by atoms with van der Waals surface area (Å²) in [5.74, 6) is 0.987. The van der Waals surface area contributed by atoms with Gasteiger partial charge in [0.2, 0.25) is 0 Å². The summed E-state index contributed by atoms with van der Waals surface area (Å²) in [4.78, 5) is 35.1. The van der Waals surface area contributed by atoms with E-state index in [1.165, 1.54) is 12.5 Å². The van der Waals surface area contributed by atoms with Gasteiger partial charge < -0.3 is 15.4 Å². The summed E-state index contributed by atoms with van der Waals surface area (Å²) in [7, 11) is 1.56. The molecule has 0 saturated heterocycles. The summed E-state index contributed by atoms with van der Waals surface area (Å²) in [6.45, 7) is 3.73. The van der Waals surface area contributed by atoms with Crippen LogP contribution in [-0.2, 0) is 0 Å². The molecule has 186 valence electrons. The first-order chi connectivity index (χ1) is 18.0. The van der Waals surface area contributed by atoms with Gasteiger partial charge in [0.25, 0.3) is 11.5 Å². The summed E-state index contributed by atoms with van der Waals surface area (Å²) in [5.41, 5.74) is 2.64. The minimum atomic E-state index is -0.502. The summed E-state index contributed by atoms with van der Waals surface area (Å²) >= 11 is 0. The number of hydrogen-bond acceptors (Lipinski definition) is 7. The molecule has 1 unspecified atom stereocenters. The number of anilines is 2. The summed E-state index contributed by atoms with van der Waals surface area (Å²) in [6, 6.07) is 17.7. The number of para-hydroxylation sites is 1. The maximum Gasteiger partial charge on any atom is 0.282 e. The Morgan fingerprint density at radius 1 is 1.08 bits per heavy atom. The molecule has 3 aromatic heterocycles. The third-order valence-electron chi connectivity index (χ3n) is 5.95. The van der Waals surface area contributed by atoms with E-state index in [4.69, 9.17) is 9.84 Å². The van der Waals surface area contributed by atoms with Gasteiger partial charge in [0.1, 0.15) is 29.0 Å². The first-order valence-electron chi connectivity index (χ1n) is 11.6. The van der Waals surface area contributed by atoms with E-state index in [-0.39, 0.29) is 11.1 Å². The molecule has 0 fully saturated rings. The zero-order valence-corrected chi connectivity index (χ0v) is 20.5. The molecule has 0 radical (unpaired) electrons. The minimum Gasteiger partial charge on any atom is -0.497 e. The van der Waals surface area contributed by atoms with Crippen molar-refractivity contribution in [2.45, 2.75) is 19.9 Å². The number of aryl methyl sites for hydroxylation is 1. The highest BCUT2D eigenvalue weighted by Gasteiger charge is 2.22. The lowest BCUT2D eigenvalue weighted by Gasteiger charge is -2.20. The Hall–Kier alpha value is -4.99. The molecule has 0 spiro atoms. The van der Waals surface area contributed by atoms with E-state index in [1.54, 1.807) is 46.7 Å². The van der Waals surface area contributed by atoms with Crippen molar-refractivity contribution in [2.75, 3.05) is 17.7 Å². The van der Waals surface area contributed by atoms with Crippen molar-refractivity contribution in [3.05, 3.63) is 107 Å². The topological polar surface area (TPSA) is 115 Å². The van der Waals surface area contributed by atoms with Crippen molar-refractivity contribution < 1.29 is 9.53 Å². The Balaban J connectivity index is 1.52. The van der Waals surface area contributed by atoms with Crippen LogP contribution in [0.5, 0.6) is 5.75 Å². The predicted molar refractivity (Wildman–Crippen MR) is 141 cm³/mol. The Morgan fingerprint density at radius 3 is 2.68 bits per heavy atom. The van der Waals surface area contributed by atoms with Gasteiger partial charge in [-0.25, -0.2) is 14.5 Å². The highest BCUT2D eigenvalue weighted by atomic mass is 16.5. The third kappa shape index (κ3) is 4.64. The van der Waals surface area contributed by atoms with Crippen LogP contribution in [0.4, 0.5) is 11.5 Å². The van der Waals surface area contributed by atoms with Gasteiger partial charge in [-0.05, 0) is 49.7 Å². The number of nitrogens with one attached hydrogen (secondary N) is 2. The lowest BCUT2D eigenvalue weighted by atomic mass is 10.2. The fourth-order valence-electron chi connectivity index (χ4n) is 4.12. The number of benzene rings is 2. The van der Waals surface area contributed by atoms with Crippen molar-refractivity contribution in [3.8, 4) is 11.4 Å². The smallest absolute Gasteiger partial charge is 0.282 e. The highest BCUT2D eigenvalue weighted by molar-refractivity contribution is 6.07. The number of methoxy groups -OCH3 is 1. The number of ether oxygens (including phenoxy) is 1. The molecule has 1 amide bonds. The van der Waals surface area contributed by atoms with Crippen molar-refractivity contribution in [3.63, 3.8) is 0 Å². The lowest BCUT2D eigenvalue weighted by Crippen LogP contribution is -2.30. The van der Waals surface area contributed by atoms with Gasteiger partial charge in [0.05, 0.1) is 18.8 Å². The highest BCUT2D eigenvalue weighted by Crippen LogP contribution is 2.23. The Morgan fingerprint density at radius 2 is 1.89 bits per heavy atom. The van der Waals surface area contributed by atoms with Crippen LogP contribution in [0, 0.1) is 6.92 Å². The maximum absolute atomic E-state index is 13.6. The molecule has 0 aliphatic carbocycles. The van der Waals surface area contributed by atoms with Crippen molar-refractivity contribution in [1.82, 2.24) is 24.1 Å². The zero-order valence-electron chi connectivity index (χ0n) is 20.5. The van der Waals surface area contributed by atoms with Crippen LogP contribution in [0.3, 0.4) is 0 Å². The molecule has 0 saturated carbocycles. The average molecular weight is 496 g/mol. The SMILES string of the molecule is COc1cccc(NC(=O)c2cncnc2NC(C)c2nn3ccc(C)c3c(=O)n2-c2ccccc2)c1. The number of aromatic nitrogens is 5. The van der Waals surface area contributed by atoms with Gasteiger partial charge in [-0.2, -0.15) is 5.10 Å². The quantitative estimate of drug-likeness (QED) is 0.350. The molecule has 3 heterocycles. The molecular weight excluding hydrogens is 470 g/mol. The van der Waals surface area contributed by atoms with E-state index >= 15 is 0 Å². The van der Waals surface area contributed by atoms with Crippen LogP contribution in [0.2, 0.25) is 0 Å². The molecule has 10 nitrogen and oxygen atoms in total. The molecule has 0 aliphatic heterocycles. The van der Waals surface area contributed by atoms with Gasteiger partial charge in [0, 0.05) is 24.1 Å². The number of carbonyl (C=O) groups is 1. The number of carbonyl (C=O) groups excluding carboxylic acids is 1. The predicted octanol–water partition coefficient (Wildman–Crippen LogP) is 4.02. The third-order valence-corrected chi connectivity index (χ3v) is 5.95. The Bertz CT molecular complexity index is 1640. The van der Waals surface area contributed by atoms with E-state index in [1.807, 2.05) is 50.2 Å². The molecule has 0 bridgehead atoms. The van der Waals surface area contributed by atoms with E-state index in [0.717, 1.165) is 5.56 Å². The lowest BCUT2D eigenvalue weighted by molar-refractivity contribution is 0.102. The van der Waals surface area contributed by atoms with E-state index in [9.17, 15) is 9.59 Å². The first-order valence-corrected chi connectivity index (χ1v) is 11.6. The van der Waals surface area contributed by atoms with Crippen molar-refractivity contribution in [1.29, 1.82) is 0 Å². The van der Waals surface area contributed by atoms with Crippen molar-refractivity contribution >= 4 is 22.9 Å². The van der Waals surface area contributed by atoms with Crippen LogP contribution in [-0.4, -0.2) is 37.2 Å². The summed E-state index contributed by atoms with van der Waals surface area (Å²) < 4.78 is 8.40. The minimum absolute atomic E-state index is 0.189. The first kappa shape index (κ1) is 23.7. The van der Waals surface area contributed by atoms with E-state index in [2.05, 4.69) is 20.6 Å². The second-order valence-electron chi connectivity index (χ2n) is 8.46. The van der Waals surface area contributed by atoms with Crippen LogP contribution in [0.15, 0.2) is 84.2 Å². The molecule has 0 aliphatic rings. The van der Waals surface area contributed by atoms with Gasteiger partial charge >= 0.3 is 0 Å². The molecule has 1 atom stereocenters. The van der Waals surface area contributed by atoms with Crippen LogP contribution in [0.1, 0.15) is 34.7 Å². The van der Waals surface area contributed by atoms with Crippen LogP contribution < -0.4 is 20.9 Å². The number of fused-ring (bicyclic) bond motifs is 1. The molecule has 37 heavy (non-hydrogen) atoms. The van der Waals surface area contributed by atoms with Crippen LogP contribution in [0.25, 0.3) is 11.2 Å². The zero-order chi connectivity index (χ0) is 25.9. The molecular formula is C27H25N7O3. The molecule has 10 heteroatoms. The van der Waals surface area contributed by atoms with Gasteiger partial charge in [0.15, 0.2) is 5.82 Å². The largest absolute Gasteiger partial charge is 0.497 e. The fourth-order valence-corrected chi connectivity index (χ4v) is 4.12. The Labute approximate surface area is 212 Å². The standard InChI is InChI=1S/C27H25N7O3/c1-17-12-13-33-23(17)27(36)34(20-9-5-4-6-10-20)25(32-33)18(2)30-24-22(15-28-16-29-24)26(35)31-19-8-7-11-21(14-19)37-3/h4-16,18H,1-3H3,(H,31,35)(H,28,29,30). The Kier molecular flexibility index (Phi) is 6.38. The second kappa shape index (κ2) is 9.94. The van der Waals surface area contributed by atoms with E-state index in [0.29, 0.717) is 34.3 Å². The van der Waals surface area contributed by atoms with E-state index < -0.39 is 11.9 Å². The normalized spacial score (nSPS) is 11.8. The van der Waals surface area contributed by atoms with Gasteiger partial charge in [-0.3, -0.25) is 14.2 Å². The van der Waals surface area contributed by atoms with Gasteiger partial charge in [-0.1, -0.05) is 24.3 Å². The fraction of sp³-hybridized carbons (Fsp3) is 0.148. The van der Waals surface area contributed by atoms with Crippen molar-refractivity contribution in [2.24, 2.45) is 0 Å². The summed E-state index contributed by atoms with van der Waals surface area (Å²) in [5, 5.41) is 10.8. The average Bonchev–Trinajstić information content (AvgIpc) is 3.30. The number of nitrogens with zero attached hydrogens (tertiary/aromatic N) is 5. The number of rotatable bonds is 7. The second-order valence-corrected chi connectivity index (χ2v) is 8.46. The maximum atomic E-state index is 13.6. The molecule has 5 rings (SSSR count). The molecule has 5 aromatic rings. The number of hydrogen-bond donors (Lipinski definition) is 2. The van der Waals surface area contributed by atoms with Crippen LogP contribution >= 0.6 is 0 Å².